The van der Waals surface area contributed by atoms with Crippen molar-refractivity contribution in [2.24, 2.45) is 0 Å². The van der Waals surface area contributed by atoms with E-state index in [-0.39, 0.29) is 0 Å². The summed E-state index contributed by atoms with van der Waals surface area (Å²) in [5, 5.41) is 3.44. The first-order valence-corrected chi connectivity index (χ1v) is 7.51. The monoisotopic (exact) mass is 273 g/mol. The minimum atomic E-state index is 0.814. The molecule has 0 unspecified atom stereocenters. The van der Waals surface area contributed by atoms with Gasteiger partial charge >= 0.3 is 0 Å². The van der Waals surface area contributed by atoms with Crippen LogP contribution in [0.2, 0.25) is 0 Å². The maximum atomic E-state index is 5.34. The highest BCUT2D eigenvalue weighted by Crippen LogP contribution is 2.17. The third-order valence-corrected chi connectivity index (χ3v) is 3.74. The molecule has 2 nitrogen and oxygen atoms in total. The molecule has 0 aliphatic carbocycles. The zero-order valence-electron chi connectivity index (χ0n) is 11.3. The van der Waals surface area contributed by atoms with E-state index in [0.717, 1.165) is 18.8 Å². The average molecular weight is 273 g/mol. The summed E-state index contributed by atoms with van der Waals surface area (Å²) in [7, 11) is 1.71. The molecule has 2 aromatic carbocycles. The minimum absolute atomic E-state index is 0.814. The van der Waals surface area contributed by atoms with Crippen LogP contribution in [0.25, 0.3) is 0 Å². The largest absolute Gasteiger partial charge is 0.496 e. The first-order chi connectivity index (χ1) is 9.33. The van der Waals surface area contributed by atoms with Crippen molar-refractivity contribution in [3.8, 4) is 5.75 Å². The number of thioether (sulfide) groups is 1. The summed E-state index contributed by atoms with van der Waals surface area (Å²) in [6.45, 7) is 1.68. The summed E-state index contributed by atoms with van der Waals surface area (Å²) in [4.78, 5) is 1.30. The maximum absolute atomic E-state index is 5.34. The van der Waals surface area contributed by atoms with Gasteiger partial charge in [0.25, 0.3) is 0 Å². The number of nitrogens with one attached hydrogen (secondary N) is 1. The van der Waals surface area contributed by atoms with Gasteiger partial charge in [-0.1, -0.05) is 30.3 Å². The van der Waals surface area contributed by atoms with Crippen molar-refractivity contribution < 1.29 is 4.74 Å². The Morgan fingerprint density at radius 1 is 1.00 bits per heavy atom. The number of rotatable bonds is 6. The van der Waals surface area contributed by atoms with Gasteiger partial charge in [0.1, 0.15) is 5.75 Å². The molecule has 19 heavy (non-hydrogen) atoms. The standard InChI is InChI=1S/C16H19NOS/c1-18-16-6-4-3-5-14(16)12-17-11-13-7-9-15(19-2)10-8-13/h3-10,17H,11-12H2,1-2H3. The molecule has 3 heteroatoms. The van der Waals surface area contributed by atoms with Gasteiger partial charge in [-0.05, 0) is 30.0 Å². The molecule has 0 radical (unpaired) electrons. The van der Waals surface area contributed by atoms with Crippen molar-refractivity contribution in [1.82, 2.24) is 5.32 Å². The van der Waals surface area contributed by atoms with E-state index in [1.165, 1.54) is 16.0 Å². The van der Waals surface area contributed by atoms with Crippen molar-refractivity contribution in [2.45, 2.75) is 18.0 Å². The fraction of sp³-hybridized carbons (Fsp3) is 0.250. The van der Waals surface area contributed by atoms with Crippen molar-refractivity contribution in [2.75, 3.05) is 13.4 Å². The molecule has 0 aromatic heterocycles. The summed E-state index contributed by atoms with van der Waals surface area (Å²) in [5.41, 5.74) is 2.48. The molecular weight excluding hydrogens is 254 g/mol. The predicted molar refractivity (Wildman–Crippen MR) is 81.8 cm³/mol. The average Bonchev–Trinajstić information content (AvgIpc) is 2.48. The van der Waals surface area contributed by atoms with E-state index in [4.69, 9.17) is 4.74 Å². The molecule has 2 rings (SSSR count). The Labute approximate surface area is 119 Å². The molecule has 0 aliphatic rings. The fourth-order valence-corrected chi connectivity index (χ4v) is 2.34. The van der Waals surface area contributed by atoms with Gasteiger partial charge < -0.3 is 10.1 Å². The van der Waals surface area contributed by atoms with E-state index in [0.29, 0.717) is 0 Å². The third-order valence-electron chi connectivity index (χ3n) is 3.00. The van der Waals surface area contributed by atoms with E-state index in [2.05, 4.69) is 41.9 Å². The molecule has 0 amide bonds. The molecule has 0 heterocycles. The van der Waals surface area contributed by atoms with Crippen molar-refractivity contribution >= 4 is 11.8 Å². The van der Waals surface area contributed by atoms with Gasteiger partial charge in [0.2, 0.25) is 0 Å². The summed E-state index contributed by atoms with van der Waals surface area (Å²) in [6.07, 6.45) is 2.09. The molecule has 0 saturated heterocycles. The lowest BCUT2D eigenvalue weighted by molar-refractivity contribution is 0.407. The second-order valence-electron chi connectivity index (χ2n) is 4.26. The maximum Gasteiger partial charge on any atom is 0.123 e. The van der Waals surface area contributed by atoms with Gasteiger partial charge in [0.05, 0.1) is 7.11 Å². The second kappa shape index (κ2) is 7.22. The number of benzene rings is 2. The van der Waals surface area contributed by atoms with Crippen LogP contribution in [0.1, 0.15) is 11.1 Å². The highest BCUT2D eigenvalue weighted by atomic mass is 32.2. The lowest BCUT2D eigenvalue weighted by Crippen LogP contribution is -2.13. The summed E-state index contributed by atoms with van der Waals surface area (Å²) in [5.74, 6) is 0.938. The van der Waals surface area contributed by atoms with E-state index in [9.17, 15) is 0 Å². The van der Waals surface area contributed by atoms with Crippen LogP contribution >= 0.6 is 11.8 Å². The van der Waals surface area contributed by atoms with Crippen LogP contribution in [0.15, 0.2) is 53.4 Å². The zero-order valence-corrected chi connectivity index (χ0v) is 12.2. The van der Waals surface area contributed by atoms with Crippen LogP contribution in [0, 0.1) is 0 Å². The summed E-state index contributed by atoms with van der Waals surface area (Å²) >= 11 is 1.77. The highest BCUT2D eigenvalue weighted by molar-refractivity contribution is 7.98. The molecule has 0 saturated carbocycles. The first kappa shape index (κ1) is 14.0. The van der Waals surface area contributed by atoms with Gasteiger partial charge in [-0.25, -0.2) is 0 Å². The molecule has 0 aliphatic heterocycles. The number of methoxy groups -OCH3 is 1. The first-order valence-electron chi connectivity index (χ1n) is 6.29. The number of hydrogen-bond donors (Lipinski definition) is 1. The Kier molecular flexibility index (Phi) is 5.31. The van der Waals surface area contributed by atoms with Crippen LogP contribution in [0.4, 0.5) is 0 Å². The molecule has 100 valence electrons. The normalized spacial score (nSPS) is 10.4. The van der Waals surface area contributed by atoms with Crippen LogP contribution in [0.5, 0.6) is 5.75 Å². The minimum Gasteiger partial charge on any atom is -0.496 e. The molecule has 0 fully saturated rings. The third kappa shape index (κ3) is 4.01. The molecule has 0 spiro atoms. The molecule has 0 atom stereocenters. The highest BCUT2D eigenvalue weighted by Gasteiger charge is 2.01. The molecular formula is C16H19NOS. The SMILES string of the molecule is COc1ccccc1CNCc1ccc(SC)cc1. The Morgan fingerprint density at radius 3 is 2.42 bits per heavy atom. The van der Waals surface area contributed by atoms with E-state index >= 15 is 0 Å². The van der Waals surface area contributed by atoms with E-state index in [1.807, 2.05) is 18.2 Å². The Hall–Kier alpha value is -1.45. The Bertz CT molecular complexity index is 510. The quantitative estimate of drug-likeness (QED) is 0.811. The second-order valence-corrected chi connectivity index (χ2v) is 5.14. The van der Waals surface area contributed by atoms with E-state index in [1.54, 1.807) is 18.9 Å². The van der Waals surface area contributed by atoms with E-state index < -0.39 is 0 Å². The van der Waals surface area contributed by atoms with Gasteiger partial charge in [0, 0.05) is 23.5 Å². The number of para-hydroxylation sites is 1. The lowest BCUT2D eigenvalue weighted by atomic mass is 10.2. The smallest absolute Gasteiger partial charge is 0.123 e. The van der Waals surface area contributed by atoms with Crippen LogP contribution in [-0.4, -0.2) is 13.4 Å². The van der Waals surface area contributed by atoms with Gasteiger partial charge in [-0.15, -0.1) is 11.8 Å². The Balaban J connectivity index is 1.88. The molecule has 2 aromatic rings. The van der Waals surface area contributed by atoms with Crippen LogP contribution in [-0.2, 0) is 13.1 Å². The summed E-state index contributed by atoms with van der Waals surface area (Å²) < 4.78 is 5.34. The lowest BCUT2D eigenvalue weighted by Gasteiger charge is -2.09. The zero-order chi connectivity index (χ0) is 13.5. The van der Waals surface area contributed by atoms with Gasteiger partial charge in [0.15, 0.2) is 0 Å². The number of hydrogen-bond acceptors (Lipinski definition) is 3. The number of ether oxygens (including phenoxy) is 1. The fourth-order valence-electron chi connectivity index (χ4n) is 1.93. The molecule has 0 bridgehead atoms. The van der Waals surface area contributed by atoms with Crippen molar-refractivity contribution in [3.05, 3.63) is 59.7 Å². The topological polar surface area (TPSA) is 21.3 Å². The predicted octanol–water partition coefficient (Wildman–Crippen LogP) is 3.71. The van der Waals surface area contributed by atoms with Crippen LogP contribution < -0.4 is 10.1 Å². The summed E-state index contributed by atoms with van der Waals surface area (Å²) in [6, 6.07) is 16.8. The van der Waals surface area contributed by atoms with Crippen LogP contribution in [0.3, 0.4) is 0 Å². The van der Waals surface area contributed by atoms with Gasteiger partial charge in [-0.2, -0.15) is 0 Å². The Morgan fingerprint density at radius 2 is 1.74 bits per heavy atom. The van der Waals surface area contributed by atoms with Crippen molar-refractivity contribution in [1.29, 1.82) is 0 Å². The molecule has 1 N–H and O–H groups in total. The van der Waals surface area contributed by atoms with Gasteiger partial charge in [-0.3, -0.25) is 0 Å². The van der Waals surface area contributed by atoms with Crippen molar-refractivity contribution in [3.63, 3.8) is 0 Å².